The molecule has 1 unspecified atom stereocenters. The quantitative estimate of drug-likeness (QED) is 0.309. The molecule has 1 aliphatic heterocycles. The van der Waals surface area contributed by atoms with E-state index in [0.29, 0.717) is 13.0 Å². The van der Waals surface area contributed by atoms with E-state index >= 15 is 0 Å². The van der Waals surface area contributed by atoms with Crippen molar-refractivity contribution in [3.05, 3.63) is 0 Å². The van der Waals surface area contributed by atoms with Crippen LogP contribution in [0.25, 0.3) is 0 Å². The number of halogens is 1. The van der Waals surface area contributed by atoms with Gasteiger partial charge in [-0.3, -0.25) is 9.79 Å². The molecular formula is C20H39IN4O2. The van der Waals surface area contributed by atoms with Crippen LogP contribution in [-0.4, -0.2) is 61.2 Å². The molecule has 0 aromatic heterocycles. The molecule has 0 aromatic rings. The van der Waals surface area contributed by atoms with Crippen molar-refractivity contribution in [2.45, 2.75) is 83.8 Å². The first-order chi connectivity index (χ1) is 12.6. The number of guanidine groups is 1. The van der Waals surface area contributed by atoms with Crippen molar-refractivity contribution >= 4 is 35.8 Å². The second-order valence-electron chi connectivity index (χ2n) is 7.61. The zero-order chi connectivity index (χ0) is 18.8. The molecule has 0 aromatic carbocycles. The molecule has 1 amide bonds. The number of carbonyl (C=O) groups excluding carboxylic acids is 1. The smallest absolute Gasteiger partial charge is 0.222 e. The summed E-state index contributed by atoms with van der Waals surface area (Å²) in [5, 5.41) is 6.89. The molecule has 1 saturated heterocycles. The summed E-state index contributed by atoms with van der Waals surface area (Å²) in [6, 6.07) is 0.280. The first kappa shape index (κ1) is 24.5. The Bertz CT molecular complexity index is 467. The largest absolute Gasteiger partial charge is 0.373 e. The van der Waals surface area contributed by atoms with Gasteiger partial charge in [-0.2, -0.15) is 0 Å². The maximum atomic E-state index is 11.9. The van der Waals surface area contributed by atoms with Crippen molar-refractivity contribution in [2.75, 3.05) is 32.8 Å². The number of rotatable bonds is 8. The Morgan fingerprint density at radius 1 is 1.22 bits per heavy atom. The fraction of sp³-hybridized carbons (Fsp3) is 0.900. The van der Waals surface area contributed by atoms with E-state index in [-0.39, 0.29) is 41.5 Å². The number of aliphatic imine (C=N–C) groups is 1. The highest BCUT2D eigenvalue weighted by atomic mass is 127. The molecule has 1 saturated carbocycles. The van der Waals surface area contributed by atoms with Crippen molar-refractivity contribution in [1.82, 2.24) is 15.5 Å². The Morgan fingerprint density at radius 3 is 2.59 bits per heavy atom. The molecule has 1 aliphatic carbocycles. The predicted molar refractivity (Wildman–Crippen MR) is 122 cm³/mol. The molecule has 1 atom stereocenters. The van der Waals surface area contributed by atoms with Crippen LogP contribution in [0.2, 0.25) is 0 Å². The topological polar surface area (TPSA) is 66.0 Å². The number of hydrogen-bond donors (Lipinski definition) is 2. The average molecular weight is 494 g/mol. The van der Waals surface area contributed by atoms with Crippen molar-refractivity contribution < 1.29 is 9.53 Å². The van der Waals surface area contributed by atoms with Crippen molar-refractivity contribution in [3.63, 3.8) is 0 Å². The van der Waals surface area contributed by atoms with Crippen LogP contribution in [0, 0.1) is 0 Å². The molecule has 158 valence electrons. The molecule has 1 heterocycles. The van der Waals surface area contributed by atoms with Gasteiger partial charge in [0.05, 0.1) is 12.1 Å². The lowest BCUT2D eigenvalue weighted by Crippen LogP contribution is -2.46. The summed E-state index contributed by atoms with van der Waals surface area (Å²) < 4.78 is 6.27. The van der Waals surface area contributed by atoms with E-state index in [2.05, 4.69) is 24.5 Å². The maximum Gasteiger partial charge on any atom is 0.222 e. The summed E-state index contributed by atoms with van der Waals surface area (Å²) in [6.07, 6.45) is 8.61. The minimum absolute atomic E-state index is 0. The average Bonchev–Trinajstić information content (AvgIpc) is 3.13. The summed E-state index contributed by atoms with van der Waals surface area (Å²) in [5.41, 5.74) is -0.0868. The summed E-state index contributed by atoms with van der Waals surface area (Å²) >= 11 is 0. The summed E-state index contributed by atoms with van der Waals surface area (Å²) in [7, 11) is 0. The van der Waals surface area contributed by atoms with Gasteiger partial charge in [0, 0.05) is 38.7 Å². The molecule has 27 heavy (non-hydrogen) atoms. The number of hydrogen-bond acceptors (Lipinski definition) is 3. The van der Waals surface area contributed by atoms with E-state index in [0.717, 1.165) is 57.9 Å². The van der Waals surface area contributed by atoms with E-state index in [1.165, 1.54) is 19.3 Å². The predicted octanol–water partition coefficient (Wildman–Crippen LogP) is 3.30. The van der Waals surface area contributed by atoms with Crippen LogP contribution >= 0.6 is 24.0 Å². The number of nitrogens with one attached hydrogen (secondary N) is 2. The SMILES string of the molecule is CCCOC1(CN=C(NCC)NC2CCN(C(=O)CC)C2)CCCCC1.I. The van der Waals surface area contributed by atoms with Crippen molar-refractivity contribution in [3.8, 4) is 0 Å². The minimum Gasteiger partial charge on any atom is -0.373 e. The fourth-order valence-corrected chi connectivity index (χ4v) is 3.93. The number of carbonyl (C=O) groups is 1. The monoisotopic (exact) mass is 494 g/mol. The number of ether oxygens (including phenoxy) is 1. The normalized spacial score (nSPS) is 22.3. The lowest BCUT2D eigenvalue weighted by molar-refractivity contribution is -0.129. The summed E-state index contributed by atoms with van der Waals surface area (Å²) in [4.78, 5) is 18.7. The third-order valence-corrected chi connectivity index (χ3v) is 5.43. The van der Waals surface area contributed by atoms with Crippen LogP contribution in [-0.2, 0) is 9.53 Å². The number of amides is 1. The summed E-state index contributed by atoms with van der Waals surface area (Å²) in [5.74, 6) is 1.10. The Balaban J connectivity index is 0.00000364. The molecular weight excluding hydrogens is 455 g/mol. The van der Waals surface area contributed by atoms with Crippen molar-refractivity contribution in [1.29, 1.82) is 0 Å². The zero-order valence-electron chi connectivity index (χ0n) is 17.4. The minimum atomic E-state index is -0.0868. The molecule has 7 heteroatoms. The van der Waals surface area contributed by atoms with Crippen LogP contribution in [0.15, 0.2) is 4.99 Å². The standard InChI is InChI=1S/C20H38N4O2.HI/c1-4-14-26-20(11-8-7-9-12-20)16-22-19(21-6-3)23-17-10-13-24(15-17)18(25)5-2;/h17H,4-16H2,1-3H3,(H2,21,22,23);1H. The van der Waals surface area contributed by atoms with E-state index in [1.807, 2.05) is 11.8 Å². The van der Waals surface area contributed by atoms with Gasteiger partial charge in [-0.25, -0.2) is 0 Å². The van der Waals surface area contributed by atoms with Gasteiger partial charge in [-0.1, -0.05) is 33.1 Å². The molecule has 0 spiro atoms. The van der Waals surface area contributed by atoms with Gasteiger partial charge in [-0.05, 0) is 32.6 Å². The molecule has 2 N–H and O–H groups in total. The first-order valence-corrected chi connectivity index (χ1v) is 10.6. The Labute approximate surface area is 182 Å². The molecule has 0 bridgehead atoms. The molecule has 0 radical (unpaired) electrons. The second-order valence-corrected chi connectivity index (χ2v) is 7.61. The Hall–Kier alpha value is -0.570. The van der Waals surface area contributed by atoms with E-state index < -0.39 is 0 Å². The van der Waals surface area contributed by atoms with E-state index in [9.17, 15) is 4.79 Å². The van der Waals surface area contributed by atoms with Gasteiger partial charge >= 0.3 is 0 Å². The van der Waals surface area contributed by atoms with E-state index in [1.54, 1.807) is 0 Å². The molecule has 2 aliphatic rings. The van der Waals surface area contributed by atoms with Crippen LogP contribution in [0.4, 0.5) is 0 Å². The van der Waals surface area contributed by atoms with Gasteiger partial charge in [0.2, 0.25) is 5.91 Å². The van der Waals surface area contributed by atoms with Crippen LogP contribution in [0.3, 0.4) is 0 Å². The number of likely N-dealkylation sites (tertiary alicyclic amines) is 1. The highest BCUT2D eigenvalue weighted by molar-refractivity contribution is 14.0. The van der Waals surface area contributed by atoms with Crippen LogP contribution < -0.4 is 10.6 Å². The van der Waals surface area contributed by atoms with Crippen molar-refractivity contribution in [2.24, 2.45) is 4.99 Å². The number of nitrogens with zero attached hydrogens (tertiary/aromatic N) is 2. The second kappa shape index (κ2) is 12.8. The molecule has 2 fully saturated rings. The third-order valence-electron chi connectivity index (χ3n) is 5.43. The lowest BCUT2D eigenvalue weighted by Gasteiger charge is -2.36. The van der Waals surface area contributed by atoms with Gasteiger partial charge in [0.1, 0.15) is 0 Å². The van der Waals surface area contributed by atoms with E-state index in [4.69, 9.17) is 9.73 Å². The highest BCUT2D eigenvalue weighted by Crippen LogP contribution is 2.32. The molecule has 6 nitrogen and oxygen atoms in total. The van der Waals surface area contributed by atoms with Gasteiger partial charge < -0.3 is 20.3 Å². The fourth-order valence-electron chi connectivity index (χ4n) is 3.93. The zero-order valence-corrected chi connectivity index (χ0v) is 19.7. The molecule has 2 rings (SSSR count). The summed E-state index contributed by atoms with van der Waals surface area (Å²) in [6.45, 7) is 10.1. The lowest BCUT2D eigenvalue weighted by atomic mass is 9.84. The third kappa shape index (κ3) is 7.75. The Morgan fingerprint density at radius 2 is 1.96 bits per heavy atom. The van der Waals surface area contributed by atoms with Gasteiger partial charge in [-0.15, -0.1) is 24.0 Å². The Kier molecular flexibility index (Phi) is 11.6. The van der Waals surface area contributed by atoms with Crippen LogP contribution in [0.1, 0.15) is 72.1 Å². The first-order valence-electron chi connectivity index (χ1n) is 10.6. The van der Waals surface area contributed by atoms with Crippen LogP contribution in [0.5, 0.6) is 0 Å². The highest BCUT2D eigenvalue weighted by Gasteiger charge is 2.33. The van der Waals surface area contributed by atoms with Gasteiger partial charge in [0.25, 0.3) is 0 Å². The maximum absolute atomic E-state index is 11.9. The van der Waals surface area contributed by atoms with Gasteiger partial charge in [0.15, 0.2) is 5.96 Å².